The topological polar surface area (TPSA) is 66.6 Å². The van der Waals surface area contributed by atoms with Gasteiger partial charge in [0, 0.05) is 43.3 Å². The number of morpholine rings is 1. The molecule has 0 spiro atoms. The van der Waals surface area contributed by atoms with Gasteiger partial charge in [-0.2, -0.15) is 0 Å². The Kier molecular flexibility index (Phi) is 28.0. The van der Waals surface area contributed by atoms with Crippen molar-refractivity contribution in [3.8, 4) is 0 Å². The van der Waals surface area contributed by atoms with Gasteiger partial charge in [0.15, 0.2) is 0 Å². The van der Waals surface area contributed by atoms with Gasteiger partial charge in [0.1, 0.15) is 0 Å². The Labute approximate surface area is 191 Å². The Morgan fingerprint density at radius 3 is 2.33 bits per heavy atom. The van der Waals surface area contributed by atoms with Crippen LogP contribution in [0.15, 0.2) is 48.6 Å². The molecular formula is C23H47ClN4O2. The summed E-state index contributed by atoms with van der Waals surface area (Å²) in [5, 5.41) is 7.06. The molecule has 0 aromatic carbocycles. The van der Waals surface area contributed by atoms with Crippen LogP contribution in [0.5, 0.6) is 0 Å². The third-order valence-corrected chi connectivity index (χ3v) is 3.38. The van der Waals surface area contributed by atoms with E-state index < -0.39 is 0 Å². The molecule has 7 heteroatoms. The Morgan fingerprint density at radius 2 is 1.97 bits per heavy atom. The maximum Gasteiger partial charge on any atom is 0.0784 e. The van der Waals surface area contributed by atoms with Crippen LogP contribution in [0.4, 0.5) is 0 Å². The number of methoxy groups -OCH3 is 1. The average molecular weight is 447 g/mol. The minimum Gasteiger partial charge on any atom is -0.505 e. The van der Waals surface area contributed by atoms with E-state index in [1.54, 1.807) is 32.7 Å². The van der Waals surface area contributed by atoms with Crippen LogP contribution in [0.3, 0.4) is 0 Å². The average Bonchev–Trinajstić information content (AvgIpc) is 2.73. The van der Waals surface area contributed by atoms with Crippen molar-refractivity contribution in [2.75, 3.05) is 33.4 Å². The summed E-state index contributed by atoms with van der Waals surface area (Å²) in [7, 11) is 1.64. The first-order valence-corrected chi connectivity index (χ1v) is 11.0. The minimum absolute atomic E-state index is 0.0677. The highest BCUT2D eigenvalue weighted by Crippen LogP contribution is 2.09. The zero-order valence-corrected chi connectivity index (χ0v) is 21.2. The van der Waals surface area contributed by atoms with E-state index >= 15 is 0 Å². The molecule has 1 rings (SSSR count). The van der Waals surface area contributed by atoms with E-state index in [0.717, 1.165) is 32.7 Å². The van der Waals surface area contributed by atoms with Crippen LogP contribution in [0, 0.1) is 5.92 Å². The van der Waals surface area contributed by atoms with Gasteiger partial charge in [-0.1, -0.05) is 51.4 Å². The highest BCUT2D eigenvalue weighted by Gasteiger charge is 2.20. The van der Waals surface area contributed by atoms with Crippen molar-refractivity contribution < 1.29 is 9.47 Å². The maximum atomic E-state index is 5.59. The fourth-order valence-electron chi connectivity index (χ4n) is 1.66. The third kappa shape index (κ3) is 31.1. The molecule has 0 aromatic heterocycles. The normalized spacial score (nSPS) is 16.0. The Balaban J connectivity index is -0.000000383. The standard InChI is InChI=1S/C10H18ClN3.C6H13NO.C5H10O.C2H6/c1-4-9(2)7-12-5-6-13-14-8-10(3)11;1-6(2)5-7-3-4-8-6;1-3-4-5-6-2;1-2/h4-6,8-9,12-14H,1,7H2,2-3H3;7H,3-5H2,1-2H3;4-5H,3H2,1-2H3;1-2H3/b6-5+,10-8+;;5-4+;. The summed E-state index contributed by atoms with van der Waals surface area (Å²) < 4.78 is 10.0. The van der Waals surface area contributed by atoms with Crippen molar-refractivity contribution in [1.29, 1.82) is 0 Å². The quantitative estimate of drug-likeness (QED) is 0.172. The van der Waals surface area contributed by atoms with Gasteiger partial charge >= 0.3 is 0 Å². The molecule has 1 aliphatic heterocycles. The molecule has 0 radical (unpaired) electrons. The van der Waals surface area contributed by atoms with E-state index in [0.29, 0.717) is 11.0 Å². The first-order valence-electron chi connectivity index (χ1n) is 10.7. The summed E-state index contributed by atoms with van der Waals surface area (Å²) in [6.45, 7) is 21.6. The van der Waals surface area contributed by atoms with Crippen LogP contribution in [0.1, 0.15) is 54.9 Å². The van der Waals surface area contributed by atoms with Gasteiger partial charge in [0.2, 0.25) is 0 Å². The zero-order valence-electron chi connectivity index (χ0n) is 20.5. The summed E-state index contributed by atoms with van der Waals surface area (Å²) in [6, 6.07) is 0. The van der Waals surface area contributed by atoms with Gasteiger partial charge in [0.25, 0.3) is 0 Å². The van der Waals surface area contributed by atoms with Gasteiger partial charge in [-0.25, -0.2) is 0 Å². The van der Waals surface area contributed by atoms with Crippen molar-refractivity contribution in [1.82, 2.24) is 21.5 Å². The predicted octanol–water partition coefficient (Wildman–Crippen LogP) is 5.03. The molecule has 4 N–H and O–H groups in total. The fourth-order valence-corrected chi connectivity index (χ4v) is 1.71. The molecule has 0 amide bonds. The number of hydrazine groups is 1. The smallest absolute Gasteiger partial charge is 0.0784 e. The van der Waals surface area contributed by atoms with Crippen molar-refractivity contribution in [2.24, 2.45) is 5.92 Å². The highest BCUT2D eigenvalue weighted by molar-refractivity contribution is 6.29. The molecule has 178 valence electrons. The Morgan fingerprint density at radius 1 is 1.30 bits per heavy atom. The Hall–Kier alpha value is -1.63. The van der Waals surface area contributed by atoms with Crippen LogP contribution < -0.4 is 21.5 Å². The van der Waals surface area contributed by atoms with E-state index in [1.165, 1.54) is 0 Å². The van der Waals surface area contributed by atoms with Gasteiger partial charge < -0.3 is 31.0 Å². The first-order chi connectivity index (χ1) is 14.3. The summed E-state index contributed by atoms with van der Waals surface area (Å²) in [4.78, 5) is 0. The summed E-state index contributed by atoms with van der Waals surface area (Å²) in [5.74, 6) is 0.470. The second-order valence-electron chi connectivity index (χ2n) is 6.78. The molecule has 1 saturated heterocycles. The number of allylic oxidation sites excluding steroid dienone is 2. The van der Waals surface area contributed by atoms with Crippen molar-refractivity contribution in [2.45, 2.75) is 60.5 Å². The first kappa shape index (κ1) is 33.0. The lowest BCUT2D eigenvalue weighted by molar-refractivity contribution is -0.0384. The maximum absolute atomic E-state index is 5.59. The number of hydrogen-bond acceptors (Lipinski definition) is 6. The zero-order chi connectivity index (χ0) is 23.7. The minimum atomic E-state index is 0.0677. The molecule has 1 atom stereocenters. The molecule has 0 saturated carbocycles. The lowest BCUT2D eigenvalue weighted by Gasteiger charge is -2.30. The molecule has 1 fully saturated rings. The molecule has 0 aliphatic carbocycles. The van der Waals surface area contributed by atoms with Crippen LogP contribution in [0.25, 0.3) is 0 Å². The van der Waals surface area contributed by atoms with Crippen molar-refractivity contribution in [3.63, 3.8) is 0 Å². The number of hydrogen-bond donors (Lipinski definition) is 4. The van der Waals surface area contributed by atoms with Crippen LogP contribution in [0.2, 0.25) is 0 Å². The monoisotopic (exact) mass is 446 g/mol. The molecule has 1 aliphatic rings. The van der Waals surface area contributed by atoms with Crippen molar-refractivity contribution in [3.05, 3.63) is 48.6 Å². The van der Waals surface area contributed by atoms with E-state index in [1.807, 2.05) is 32.2 Å². The molecular weight excluding hydrogens is 400 g/mol. The van der Waals surface area contributed by atoms with Crippen LogP contribution in [-0.4, -0.2) is 39.0 Å². The molecule has 1 heterocycles. The van der Waals surface area contributed by atoms with E-state index in [4.69, 9.17) is 16.3 Å². The Bertz CT molecular complexity index is 434. The van der Waals surface area contributed by atoms with Crippen LogP contribution >= 0.6 is 11.6 Å². The molecule has 30 heavy (non-hydrogen) atoms. The number of halogens is 1. The summed E-state index contributed by atoms with van der Waals surface area (Å²) in [6.07, 6.45) is 11.8. The number of rotatable bonds is 9. The largest absolute Gasteiger partial charge is 0.505 e. The SMILES string of the molecule is C=CC(C)CN/C=C/NN/C=C(\C)Cl.CC.CC/C=C/OC.CC1(C)CNCCO1. The van der Waals surface area contributed by atoms with Gasteiger partial charge in [-0.3, -0.25) is 0 Å². The summed E-state index contributed by atoms with van der Waals surface area (Å²) >= 11 is 5.59. The van der Waals surface area contributed by atoms with E-state index in [2.05, 4.69) is 60.5 Å². The second-order valence-corrected chi connectivity index (χ2v) is 7.37. The molecule has 0 aromatic rings. The molecule has 1 unspecified atom stereocenters. The number of nitrogens with one attached hydrogen (secondary N) is 4. The van der Waals surface area contributed by atoms with Crippen molar-refractivity contribution >= 4 is 11.6 Å². The molecule has 0 bridgehead atoms. The lowest BCUT2D eigenvalue weighted by Crippen LogP contribution is -2.45. The predicted molar refractivity (Wildman–Crippen MR) is 133 cm³/mol. The van der Waals surface area contributed by atoms with E-state index in [9.17, 15) is 0 Å². The van der Waals surface area contributed by atoms with Gasteiger partial charge in [0.05, 0.1) is 25.6 Å². The van der Waals surface area contributed by atoms with Gasteiger partial charge in [-0.15, -0.1) is 6.58 Å². The molecule has 6 nitrogen and oxygen atoms in total. The third-order valence-electron chi connectivity index (χ3n) is 3.27. The fraction of sp³-hybridized carbons (Fsp3) is 0.652. The van der Waals surface area contributed by atoms with Gasteiger partial charge in [-0.05, 0) is 33.1 Å². The second kappa shape index (κ2) is 25.4. The van der Waals surface area contributed by atoms with Crippen LogP contribution in [-0.2, 0) is 9.47 Å². The highest BCUT2D eigenvalue weighted by atomic mass is 35.5. The summed E-state index contributed by atoms with van der Waals surface area (Å²) in [5.41, 5.74) is 5.69. The number of ether oxygens (including phenoxy) is 2. The lowest BCUT2D eigenvalue weighted by atomic mass is 10.1. The van der Waals surface area contributed by atoms with E-state index in [-0.39, 0.29) is 5.60 Å².